The molecule has 0 aliphatic heterocycles. The van der Waals surface area contributed by atoms with Crippen LogP contribution in [0, 0.1) is 23.0 Å². The van der Waals surface area contributed by atoms with Crippen LogP contribution in [-0.2, 0) is 6.42 Å². The Kier molecular flexibility index (Phi) is 4.00. The van der Waals surface area contributed by atoms with Gasteiger partial charge < -0.3 is 5.32 Å². The molecule has 18 heavy (non-hydrogen) atoms. The lowest BCUT2D eigenvalue weighted by Gasteiger charge is -2.30. The van der Waals surface area contributed by atoms with Crippen LogP contribution in [0.25, 0.3) is 0 Å². The lowest BCUT2D eigenvalue weighted by molar-refractivity contribution is 0.255. The van der Waals surface area contributed by atoms with E-state index in [-0.39, 0.29) is 5.41 Å². The van der Waals surface area contributed by atoms with E-state index in [4.69, 9.17) is 0 Å². The Morgan fingerprint density at radius 1 is 1.33 bits per heavy atom. The van der Waals surface area contributed by atoms with Gasteiger partial charge in [-0.05, 0) is 48.8 Å². The van der Waals surface area contributed by atoms with Gasteiger partial charge in [-0.2, -0.15) is 0 Å². The standard InChI is InChI=1S/C15H21F2N/c1-3-18-10-15(2,12-5-6-12)9-11-4-7-13(16)8-14(11)17/h4,7-8,12,18H,3,5-6,9-10H2,1-2H3. The van der Waals surface area contributed by atoms with Crippen molar-refractivity contribution >= 4 is 0 Å². The van der Waals surface area contributed by atoms with Gasteiger partial charge in [-0.3, -0.25) is 0 Å². The molecule has 1 aromatic carbocycles. The summed E-state index contributed by atoms with van der Waals surface area (Å²) < 4.78 is 26.6. The summed E-state index contributed by atoms with van der Waals surface area (Å²) in [5, 5.41) is 3.36. The summed E-state index contributed by atoms with van der Waals surface area (Å²) in [7, 11) is 0. The van der Waals surface area contributed by atoms with E-state index in [0.717, 1.165) is 19.2 Å². The Morgan fingerprint density at radius 3 is 2.61 bits per heavy atom. The van der Waals surface area contributed by atoms with Crippen molar-refractivity contribution in [1.82, 2.24) is 5.32 Å². The summed E-state index contributed by atoms with van der Waals surface area (Å²) in [5.41, 5.74) is 0.706. The van der Waals surface area contributed by atoms with Gasteiger partial charge in [-0.1, -0.05) is 19.9 Å². The number of nitrogens with one attached hydrogen (secondary N) is 1. The van der Waals surface area contributed by atoms with Gasteiger partial charge in [0.25, 0.3) is 0 Å². The molecular formula is C15H21F2N. The Hall–Kier alpha value is -0.960. The highest BCUT2D eigenvalue weighted by Crippen LogP contribution is 2.47. The van der Waals surface area contributed by atoms with Gasteiger partial charge in [0.15, 0.2) is 0 Å². The highest BCUT2D eigenvalue weighted by Gasteiger charge is 2.41. The number of hydrogen-bond acceptors (Lipinski definition) is 1. The fourth-order valence-electron chi connectivity index (χ4n) is 2.64. The van der Waals surface area contributed by atoms with E-state index < -0.39 is 11.6 Å². The Balaban J connectivity index is 2.12. The van der Waals surface area contributed by atoms with E-state index >= 15 is 0 Å². The molecule has 1 unspecified atom stereocenters. The van der Waals surface area contributed by atoms with Crippen LogP contribution in [-0.4, -0.2) is 13.1 Å². The van der Waals surface area contributed by atoms with Crippen LogP contribution < -0.4 is 5.32 Å². The van der Waals surface area contributed by atoms with Crippen molar-refractivity contribution in [2.45, 2.75) is 33.1 Å². The molecule has 1 fully saturated rings. The van der Waals surface area contributed by atoms with Crippen LogP contribution in [0.4, 0.5) is 8.78 Å². The summed E-state index contributed by atoms with van der Waals surface area (Å²) in [5.74, 6) is -0.254. The molecule has 1 nitrogen and oxygen atoms in total. The minimum atomic E-state index is -0.504. The molecule has 3 heteroatoms. The second-order valence-corrected chi connectivity index (χ2v) is 5.62. The van der Waals surface area contributed by atoms with Gasteiger partial charge in [0.05, 0.1) is 0 Å². The first-order valence-electron chi connectivity index (χ1n) is 6.70. The van der Waals surface area contributed by atoms with Crippen molar-refractivity contribution in [3.63, 3.8) is 0 Å². The first-order valence-corrected chi connectivity index (χ1v) is 6.70. The van der Waals surface area contributed by atoms with Gasteiger partial charge in [0.1, 0.15) is 11.6 Å². The summed E-state index contributed by atoms with van der Waals surface area (Å²) in [6.45, 7) is 6.10. The molecule has 1 aliphatic rings. The molecule has 1 atom stereocenters. The van der Waals surface area contributed by atoms with Gasteiger partial charge in [-0.15, -0.1) is 0 Å². The van der Waals surface area contributed by atoms with E-state index in [1.54, 1.807) is 6.07 Å². The maximum absolute atomic E-state index is 13.7. The topological polar surface area (TPSA) is 12.0 Å². The van der Waals surface area contributed by atoms with Crippen molar-refractivity contribution in [2.75, 3.05) is 13.1 Å². The quantitative estimate of drug-likeness (QED) is 0.817. The van der Waals surface area contributed by atoms with E-state index in [1.807, 2.05) is 0 Å². The number of hydrogen-bond donors (Lipinski definition) is 1. The fraction of sp³-hybridized carbons (Fsp3) is 0.600. The third-order valence-corrected chi connectivity index (χ3v) is 3.95. The molecule has 0 amide bonds. The van der Waals surface area contributed by atoms with Crippen LogP contribution >= 0.6 is 0 Å². The predicted octanol–water partition coefficient (Wildman–Crippen LogP) is 3.53. The Bertz CT molecular complexity index is 415. The van der Waals surface area contributed by atoms with Gasteiger partial charge in [-0.25, -0.2) is 8.78 Å². The highest BCUT2D eigenvalue weighted by atomic mass is 19.1. The largest absolute Gasteiger partial charge is 0.316 e. The van der Waals surface area contributed by atoms with Crippen LogP contribution in [0.15, 0.2) is 18.2 Å². The zero-order valence-corrected chi connectivity index (χ0v) is 11.1. The third kappa shape index (κ3) is 3.08. The molecule has 1 saturated carbocycles. The Labute approximate surface area is 108 Å². The zero-order valence-electron chi connectivity index (χ0n) is 11.1. The molecule has 0 saturated heterocycles. The van der Waals surface area contributed by atoms with Crippen LogP contribution in [0.5, 0.6) is 0 Å². The van der Waals surface area contributed by atoms with E-state index in [9.17, 15) is 8.78 Å². The number of rotatable bonds is 6. The van der Waals surface area contributed by atoms with Gasteiger partial charge in [0, 0.05) is 12.6 Å². The number of halogens is 2. The average molecular weight is 253 g/mol. The molecule has 0 spiro atoms. The zero-order chi connectivity index (χ0) is 13.2. The second kappa shape index (κ2) is 5.35. The van der Waals surface area contributed by atoms with Gasteiger partial charge >= 0.3 is 0 Å². The summed E-state index contributed by atoms with van der Waals surface area (Å²) in [6, 6.07) is 3.91. The third-order valence-electron chi connectivity index (χ3n) is 3.95. The lowest BCUT2D eigenvalue weighted by atomic mass is 9.78. The monoisotopic (exact) mass is 253 g/mol. The smallest absolute Gasteiger partial charge is 0.129 e. The Morgan fingerprint density at radius 2 is 2.06 bits per heavy atom. The molecular weight excluding hydrogens is 232 g/mol. The van der Waals surface area contributed by atoms with Crippen LogP contribution in [0.3, 0.4) is 0 Å². The summed E-state index contributed by atoms with van der Waals surface area (Å²) >= 11 is 0. The molecule has 1 aromatic rings. The maximum Gasteiger partial charge on any atom is 0.129 e. The minimum Gasteiger partial charge on any atom is -0.316 e. The van der Waals surface area contributed by atoms with Crippen LogP contribution in [0.2, 0.25) is 0 Å². The van der Waals surface area contributed by atoms with Crippen molar-refractivity contribution in [1.29, 1.82) is 0 Å². The van der Waals surface area contributed by atoms with Crippen LogP contribution in [0.1, 0.15) is 32.3 Å². The van der Waals surface area contributed by atoms with E-state index in [0.29, 0.717) is 17.9 Å². The normalized spacial score (nSPS) is 18.7. The molecule has 1 aliphatic carbocycles. The number of benzene rings is 1. The van der Waals surface area contributed by atoms with E-state index in [1.165, 1.54) is 18.9 Å². The van der Waals surface area contributed by atoms with E-state index in [2.05, 4.69) is 19.2 Å². The average Bonchev–Trinajstić information content (AvgIpc) is 3.15. The lowest BCUT2D eigenvalue weighted by Crippen LogP contribution is -2.35. The minimum absolute atomic E-state index is 0.0781. The predicted molar refractivity (Wildman–Crippen MR) is 69.4 cm³/mol. The first kappa shape index (κ1) is 13.5. The maximum atomic E-state index is 13.7. The SMILES string of the molecule is CCNCC(C)(Cc1ccc(F)cc1F)C1CC1. The molecule has 0 radical (unpaired) electrons. The molecule has 100 valence electrons. The van der Waals surface area contributed by atoms with Crippen molar-refractivity contribution < 1.29 is 8.78 Å². The molecule has 0 bridgehead atoms. The van der Waals surface area contributed by atoms with Crippen molar-refractivity contribution in [2.24, 2.45) is 11.3 Å². The highest BCUT2D eigenvalue weighted by molar-refractivity contribution is 5.21. The van der Waals surface area contributed by atoms with Crippen molar-refractivity contribution in [3.05, 3.63) is 35.4 Å². The molecule has 0 aromatic heterocycles. The summed E-state index contributed by atoms with van der Waals surface area (Å²) in [4.78, 5) is 0. The summed E-state index contributed by atoms with van der Waals surface area (Å²) in [6.07, 6.45) is 3.13. The molecule has 0 heterocycles. The second-order valence-electron chi connectivity index (χ2n) is 5.62. The molecule has 1 N–H and O–H groups in total. The van der Waals surface area contributed by atoms with Gasteiger partial charge in [0.2, 0.25) is 0 Å². The fourth-order valence-corrected chi connectivity index (χ4v) is 2.64. The first-order chi connectivity index (χ1) is 8.55. The van der Waals surface area contributed by atoms with Crippen molar-refractivity contribution in [3.8, 4) is 0 Å². The molecule has 2 rings (SSSR count).